The van der Waals surface area contributed by atoms with E-state index in [2.05, 4.69) is 18.9 Å². The molecule has 1 aliphatic carbocycles. The second-order valence-corrected chi connectivity index (χ2v) is 6.39. The summed E-state index contributed by atoms with van der Waals surface area (Å²) in [7, 11) is 0. The van der Waals surface area contributed by atoms with E-state index in [1.165, 1.54) is 12.8 Å². The molecule has 1 aromatic carbocycles. The molecule has 128 valence electrons. The molecular formula is C18H23FN4O. The minimum absolute atomic E-state index is 0.148. The van der Waals surface area contributed by atoms with E-state index in [1.807, 2.05) is 28.9 Å². The topological polar surface area (TPSA) is 66.0 Å². The monoisotopic (exact) mass is 330 g/mol. The molecule has 0 saturated heterocycles. The first-order valence-electron chi connectivity index (χ1n) is 8.30. The van der Waals surface area contributed by atoms with Crippen LogP contribution in [-0.2, 0) is 0 Å². The molecule has 24 heavy (non-hydrogen) atoms. The van der Waals surface area contributed by atoms with Gasteiger partial charge in [0, 0.05) is 29.6 Å². The third-order valence-corrected chi connectivity index (χ3v) is 4.04. The summed E-state index contributed by atoms with van der Waals surface area (Å²) >= 11 is 0. The normalized spacial score (nSPS) is 15.1. The van der Waals surface area contributed by atoms with Crippen molar-refractivity contribution in [3.63, 3.8) is 0 Å². The quantitative estimate of drug-likeness (QED) is 0.842. The zero-order chi connectivity index (χ0) is 17.1. The maximum atomic E-state index is 12.5. The maximum Gasteiger partial charge on any atom is 0.181 e. The molecule has 6 heteroatoms. The van der Waals surface area contributed by atoms with Crippen molar-refractivity contribution in [3.05, 3.63) is 42.0 Å². The van der Waals surface area contributed by atoms with Gasteiger partial charge in [0.15, 0.2) is 5.82 Å². The highest BCUT2D eigenvalue weighted by Gasteiger charge is 2.30. The van der Waals surface area contributed by atoms with Crippen LogP contribution in [-0.4, -0.2) is 27.9 Å². The highest BCUT2D eigenvalue weighted by atomic mass is 19.1. The predicted molar refractivity (Wildman–Crippen MR) is 91.6 cm³/mol. The molecule has 2 aromatic rings. The smallest absolute Gasteiger partial charge is 0.181 e. The van der Waals surface area contributed by atoms with Crippen LogP contribution < -0.4 is 10.5 Å². The van der Waals surface area contributed by atoms with Crippen molar-refractivity contribution >= 4 is 0 Å². The van der Waals surface area contributed by atoms with E-state index < -0.39 is 0 Å². The largest absolute Gasteiger partial charge is 0.489 e. The number of aromatic nitrogens is 3. The molecule has 3 rings (SSSR count). The van der Waals surface area contributed by atoms with Crippen molar-refractivity contribution in [2.45, 2.75) is 38.6 Å². The van der Waals surface area contributed by atoms with E-state index in [9.17, 15) is 4.39 Å². The summed E-state index contributed by atoms with van der Waals surface area (Å²) < 4.78 is 20.0. The molecule has 5 nitrogen and oxygen atoms in total. The summed E-state index contributed by atoms with van der Waals surface area (Å²) in [5.41, 5.74) is 6.78. The number of hydrogen-bond donors (Lipinski definition) is 1. The van der Waals surface area contributed by atoms with E-state index in [0.717, 1.165) is 17.2 Å². The van der Waals surface area contributed by atoms with E-state index >= 15 is 0 Å². The summed E-state index contributed by atoms with van der Waals surface area (Å²) in [5.74, 6) is 3.04. The summed E-state index contributed by atoms with van der Waals surface area (Å²) in [6, 6.07) is 7.83. The van der Waals surface area contributed by atoms with Crippen molar-refractivity contribution in [3.8, 4) is 17.1 Å². The number of halogens is 1. The van der Waals surface area contributed by atoms with Gasteiger partial charge in [-0.1, -0.05) is 0 Å². The van der Waals surface area contributed by atoms with Crippen LogP contribution >= 0.6 is 0 Å². The molecule has 0 spiro atoms. The molecule has 1 aromatic heterocycles. The van der Waals surface area contributed by atoms with Crippen LogP contribution in [0.4, 0.5) is 4.39 Å². The molecule has 0 radical (unpaired) electrons. The molecule has 0 bridgehead atoms. The Labute approximate surface area is 141 Å². The van der Waals surface area contributed by atoms with Crippen LogP contribution in [0.25, 0.3) is 11.4 Å². The summed E-state index contributed by atoms with van der Waals surface area (Å²) in [6.45, 7) is 4.54. The highest BCUT2D eigenvalue weighted by molar-refractivity contribution is 5.56. The first-order valence-corrected chi connectivity index (χ1v) is 8.30. The third-order valence-electron chi connectivity index (χ3n) is 4.04. The van der Waals surface area contributed by atoms with Crippen LogP contribution in [0.5, 0.6) is 5.75 Å². The summed E-state index contributed by atoms with van der Waals surface area (Å²) in [5, 5.41) is 4.66. The minimum atomic E-state index is 0.148. The molecule has 1 aliphatic rings. The van der Waals surface area contributed by atoms with Gasteiger partial charge in [-0.05, 0) is 51.0 Å². The van der Waals surface area contributed by atoms with Gasteiger partial charge in [0.25, 0.3) is 0 Å². The van der Waals surface area contributed by atoms with Gasteiger partial charge in [-0.25, -0.2) is 14.1 Å². The molecular weight excluding hydrogens is 307 g/mol. The van der Waals surface area contributed by atoms with Gasteiger partial charge < -0.3 is 10.5 Å². The van der Waals surface area contributed by atoms with Gasteiger partial charge in [0.1, 0.15) is 18.2 Å². The fourth-order valence-electron chi connectivity index (χ4n) is 2.47. The molecule has 0 amide bonds. The summed E-state index contributed by atoms with van der Waals surface area (Å²) in [4.78, 5) is 4.73. The van der Waals surface area contributed by atoms with Gasteiger partial charge in [-0.3, -0.25) is 0 Å². The number of hydrogen-bond acceptors (Lipinski definition) is 4. The Morgan fingerprint density at radius 1 is 1.38 bits per heavy atom. The molecule has 0 atom stereocenters. The SMILES string of the molecule is CC(C)n1nc(-c2ccc(OC/C(=C\F)CN)cc2)nc1C1CC1. The van der Waals surface area contributed by atoms with E-state index in [4.69, 9.17) is 15.5 Å². The van der Waals surface area contributed by atoms with Gasteiger partial charge in [-0.2, -0.15) is 5.10 Å². The molecule has 2 N–H and O–H groups in total. The molecule has 0 aliphatic heterocycles. The van der Waals surface area contributed by atoms with Gasteiger partial charge in [0.05, 0.1) is 6.33 Å². The van der Waals surface area contributed by atoms with Crippen LogP contribution in [0.1, 0.15) is 44.5 Å². The number of ether oxygens (including phenoxy) is 1. The van der Waals surface area contributed by atoms with Gasteiger partial charge in [0.2, 0.25) is 0 Å². The van der Waals surface area contributed by atoms with Gasteiger partial charge in [-0.15, -0.1) is 0 Å². The van der Waals surface area contributed by atoms with Crippen molar-refractivity contribution in [1.29, 1.82) is 0 Å². The zero-order valence-corrected chi connectivity index (χ0v) is 14.1. The Hall–Kier alpha value is -2.21. The third kappa shape index (κ3) is 3.64. The van der Waals surface area contributed by atoms with E-state index in [0.29, 0.717) is 29.6 Å². The lowest BCUT2D eigenvalue weighted by molar-refractivity contribution is 0.347. The average Bonchev–Trinajstić information content (AvgIpc) is 3.34. The lowest BCUT2D eigenvalue weighted by atomic mass is 10.2. The number of benzene rings is 1. The molecule has 1 heterocycles. The minimum Gasteiger partial charge on any atom is -0.489 e. The number of nitrogens with zero attached hydrogens (tertiary/aromatic N) is 3. The van der Waals surface area contributed by atoms with Gasteiger partial charge >= 0.3 is 0 Å². The Morgan fingerprint density at radius 3 is 2.62 bits per heavy atom. The number of nitrogens with two attached hydrogens (primary N) is 1. The first kappa shape index (κ1) is 16.6. The van der Waals surface area contributed by atoms with Crippen molar-refractivity contribution < 1.29 is 9.13 Å². The Morgan fingerprint density at radius 2 is 2.08 bits per heavy atom. The zero-order valence-electron chi connectivity index (χ0n) is 14.1. The van der Waals surface area contributed by atoms with E-state index in [-0.39, 0.29) is 13.2 Å². The molecule has 1 fully saturated rings. The van der Waals surface area contributed by atoms with Crippen LogP contribution in [0.15, 0.2) is 36.2 Å². The lowest BCUT2D eigenvalue weighted by Crippen LogP contribution is -2.10. The average molecular weight is 330 g/mol. The first-order chi connectivity index (χ1) is 11.6. The fraction of sp³-hybridized carbons (Fsp3) is 0.444. The standard InChI is InChI=1S/C18H23FN4O/c1-12(2)23-18(15-3-4-15)21-17(22-23)14-5-7-16(8-6-14)24-11-13(9-19)10-20/h5-9,12,15H,3-4,10-11,20H2,1-2H3/b13-9-. The van der Waals surface area contributed by atoms with Crippen molar-refractivity contribution in [2.75, 3.05) is 13.2 Å². The van der Waals surface area contributed by atoms with Crippen LogP contribution in [0.3, 0.4) is 0 Å². The fourth-order valence-corrected chi connectivity index (χ4v) is 2.47. The van der Waals surface area contributed by atoms with Crippen molar-refractivity contribution in [2.24, 2.45) is 5.73 Å². The summed E-state index contributed by atoms with van der Waals surface area (Å²) in [6.07, 6.45) is 2.89. The van der Waals surface area contributed by atoms with Crippen LogP contribution in [0.2, 0.25) is 0 Å². The number of rotatable bonds is 7. The van der Waals surface area contributed by atoms with Crippen molar-refractivity contribution in [1.82, 2.24) is 14.8 Å². The Bertz CT molecular complexity index is 698. The molecule has 0 unspecified atom stereocenters. The Kier molecular flexibility index (Phi) is 4.94. The van der Waals surface area contributed by atoms with E-state index in [1.54, 1.807) is 0 Å². The maximum absolute atomic E-state index is 12.5. The second kappa shape index (κ2) is 7.13. The highest BCUT2D eigenvalue weighted by Crippen LogP contribution is 2.40. The van der Waals surface area contributed by atoms with Crippen LogP contribution in [0, 0.1) is 0 Å². The molecule has 1 saturated carbocycles. The lowest BCUT2D eigenvalue weighted by Gasteiger charge is -2.08. The Balaban J connectivity index is 1.75. The predicted octanol–water partition coefficient (Wildman–Crippen LogP) is 3.59. The second-order valence-electron chi connectivity index (χ2n) is 6.39.